The van der Waals surface area contributed by atoms with Crippen LogP contribution >= 0.6 is 0 Å². The fraction of sp³-hybridized carbons (Fsp3) is 0.667. The van der Waals surface area contributed by atoms with Crippen molar-refractivity contribution in [3.8, 4) is 0 Å². The Morgan fingerprint density at radius 3 is 3.06 bits per heavy atom. The van der Waals surface area contributed by atoms with Gasteiger partial charge >= 0.3 is 0 Å². The average molecular weight is 236 g/mol. The quantitative estimate of drug-likeness (QED) is 0.683. The number of hydrogen-bond acceptors (Lipinski definition) is 4. The Bertz CT molecular complexity index is 429. The molecule has 1 aliphatic rings. The zero-order chi connectivity index (χ0) is 12.3. The van der Waals surface area contributed by atoms with E-state index in [0.717, 1.165) is 18.8 Å². The predicted molar refractivity (Wildman–Crippen MR) is 68.9 cm³/mol. The minimum Gasteiger partial charge on any atom is -0.391 e. The first-order chi connectivity index (χ1) is 8.16. The molecule has 94 valence electrons. The summed E-state index contributed by atoms with van der Waals surface area (Å²) >= 11 is 0. The number of rotatable bonds is 2. The average Bonchev–Trinajstić information content (AvgIpc) is 2.50. The van der Waals surface area contributed by atoms with Crippen LogP contribution in [-0.2, 0) is 0 Å². The van der Waals surface area contributed by atoms with Crippen LogP contribution in [0.5, 0.6) is 0 Å². The molecule has 2 unspecified atom stereocenters. The van der Waals surface area contributed by atoms with Gasteiger partial charge in [0, 0.05) is 6.04 Å². The number of nitrogen functional groups attached to an aromatic ring is 1. The molecule has 1 aromatic heterocycles. The molecule has 1 saturated carbocycles. The summed E-state index contributed by atoms with van der Waals surface area (Å²) in [5.41, 5.74) is 5.61. The van der Waals surface area contributed by atoms with Gasteiger partial charge in [-0.3, -0.25) is 4.79 Å². The van der Waals surface area contributed by atoms with Gasteiger partial charge in [-0.2, -0.15) is 0 Å². The highest BCUT2D eigenvalue weighted by Crippen LogP contribution is 2.25. The Balaban J connectivity index is 2.05. The maximum atomic E-state index is 11.3. The summed E-state index contributed by atoms with van der Waals surface area (Å²) < 4.78 is 0. The topological polar surface area (TPSA) is 83.8 Å². The molecule has 0 aliphatic heterocycles. The van der Waals surface area contributed by atoms with Gasteiger partial charge in [0.1, 0.15) is 5.69 Å². The third kappa shape index (κ3) is 2.99. The number of nitrogens with two attached hydrogens (primary N) is 1. The number of nitrogens with zero attached hydrogens (tertiary/aromatic N) is 1. The summed E-state index contributed by atoms with van der Waals surface area (Å²) in [7, 11) is 0. The minimum atomic E-state index is -0.274. The van der Waals surface area contributed by atoms with Crippen LogP contribution in [0.2, 0.25) is 0 Å². The van der Waals surface area contributed by atoms with Crippen LogP contribution in [0.3, 0.4) is 0 Å². The lowest BCUT2D eigenvalue weighted by Crippen LogP contribution is -2.23. The van der Waals surface area contributed by atoms with E-state index in [1.165, 1.54) is 25.6 Å². The van der Waals surface area contributed by atoms with Gasteiger partial charge in [-0.1, -0.05) is 19.8 Å². The fourth-order valence-electron chi connectivity index (χ4n) is 2.35. The van der Waals surface area contributed by atoms with E-state index in [2.05, 4.69) is 22.2 Å². The SMILES string of the molecule is CC1CCCC(Nc2nc[nH]c(=O)c2N)CC1. The van der Waals surface area contributed by atoms with Crippen LogP contribution in [0.4, 0.5) is 11.5 Å². The van der Waals surface area contributed by atoms with E-state index in [4.69, 9.17) is 5.73 Å². The fourth-order valence-corrected chi connectivity index (χ4v) is 2.35. The normalized spacial score (nSPS) is 25.2. The Morgan fingerprint density at radius 1 is 1.41 bits per heavy atom. The molecule has 0 saturated heterocycles. The molecule has 1 aromatic rings. The first kappa shape index (κ1) is 12.0. The van der Waals surface area contributed by atoms with Crippen molar-refractivity contribution in [1.82, 2.24) is 9.97 Å². The largest absolute Gasteiger partial charge is 0.391 e. The van der Waals surface area contributed by atoms with Gasteiger partial charge in [0.05, 0.1) is 6.33 Å². The molecule has 2 rings (SSSR count). The van der Waals surface area contributed by atoms with Crippen LogP contribution in [-0.4, -0.2) is 16.0 Å². The maximum absolute atomic E-state index is 11.3. The second-order valence-electron chi connectivity index (χ2n) is 4.95. The molecule has 0 spiro atoms. The number of H-pyrrole nitrogens is 1. The van der Waals surface area contributed by atoms with Crippen LogP contribution in [0.1, 0.15) is 39.0 Å². The Kier molecular flexibility index (Phi) is 3.66. The van der Waals surface area contributed by atoms with Crippen molar-refractivity contribution in [3.05, 3.63) is 16.7 Å². The Labute approximate surface area is 101 Å². The molecule has 0 bridgehead atoms. The first-order valence-electron chi connectivity index (χ1n) is 6.26. The molecule has 4 N–H and O–H groups in total. The van der Waals surface area contributed by atoms with Crippen molar-refractivity contribution in [1.29, 1.82) is 0 Å². The van der Waals surface area contributed by atoms with E-state index in [9.17, 15) is 4.79 Å². The van der Waals surface area contributed by atoms with Crippen molar-refractivity contribution < 1.29 is 0 Å². The monoisotopic (exact) mass is 236 g/mol. The summed E-state index contributed by atoms with van der Waals surface area (Å²) in [5.74, 6) is 1.32. The van der Waals surface area contributed by atoms with E-state index >= 15 is 0 Å². The zero-order valence-electron chi connectivity index (χ0n) is 10.2. The number of nitrogens with one attached hydrogen (secondary N) is 2. The molecule has 0 amide bonds. The zero-order valence-corrected chi connectivity index (χ0v) is 10.2. The van der Waals surface area contributed by atoms with Crippen LogP contribution < -0.4 is 16.6 Å². The smallest absolute Gasteiger partial charge is 0.276 e. The molecular formula is C12H20N4O. The van der Waals surface area contributed by atoms with Crippen LogP contribution in [0.25, 0.3) is 0 Å². The van der Waals surface area contributed by atoms with Crippen molar-refractivity contribution in [2.45, 2.75) is 45.1 Å². The summed E-state index contributed by atoms with van der Waals surface area (Å²) in [6, 6.07) is 0.386. The molecule has 1 aliphatic carbocycles. The minimum absolute atomic E-state index is 0.185. The lowest BCUT2D eigenvalue weighted by molar-refractivity contribution is 0.502. The standard InChI is InChI=1S/C12H20N4O/c1-8-3-2-4-9(6-5-8)16-11-10(13)12(17)15-7-14-11/h7-9H,2-6,13H2,1H3,(H2,14,15,16,17). The first-order valence-corrected chi connectivity index (χ1v) is 6.26. The predicted octanol–water partition coefficient (Wildman–Crippen LogP) is 1.73. The number of aromatic nitrogens is 2. The molecule has 1 heterocycles. The van der Waals surface area contributed by atoms with Crippen LogP contribution in [0, 0.1) is 5.92 Å². The molecular weight excluding hydrogens is 216 g/mol. The molecule has 2 atom stereocenters. The van der Waals surface area contributed by atoms with E-state index in [-0.39, 0.29) is 11.2 Å². The summed E-state index contributed by atoms with van der Waals surface area (Å²) in [6.45, 7) is 2.29. The van der Waals surface area contributed by atoms with Gasteiger partial charge in [0.2, 0.25) is 0 Å². The van der Waals surface area contributed by atoms with Crippen molar-refractivity contribution in [2.24, 2.45) is 5.92 Å². The highest BCUT2D eigenvalue weighted by Gasteiger charge is 2.17. The molecule has 5 heteroatoms. The van der Waals surface area contributed by atoms with Gasteiger partial charge in [0.15, 0.2) is 5.82 Å². The molecule has 5 nitrogen and oxygen atoms in total. The lowest BCUT2D eigenvalue weighted by Gasteiger charge is -2.17. The van der Waals surface area contributed by atoms with Gasteiger partial charge < -0.3 is 16.0 Å². The second-order valence-corrected chi connectivity index (χ2v) is 4.95. The third-order valence-electron chi connectivity index (χ3n) is 3.49. The highest BCUT2D eigenvalue weighted by atomic mass is 16.1. The van der Waals surface area contributed by atoms with Crippen molar-refractivity contribution >= 4 is 11.5 Å². The summed E-state index contributed by atoms with van der Waals surface area (Å²) in [5, 5.41) is 3.29. The maximum Gasteiger partial charge on any atom is 0.276 e. The van der Waals surface area contributed by atoms with E-state index in [1.54, 1.807) is 0 Å². The summed E-state index contributed by atoms with van der Waals surface area (Å²) in [6.07, 6.45) is 7.37. The Hall–Kier alpha value is -1.52. The van der Waals surface area contributed by atoms with E-state index in [1.807, 2.05) is 0 Å². The Morgan fingerprint density at radius 2 is 2.24 bits per heavy atom. The van der Waals surface area contributed by atoms with Gasteiger partial charge in [-0.15, -0.1) is 0 Å². The van der Waals surface area contributed by atoms with E-state index < -0.39 is 0 Å². The van der Waals surface area contributed by atoms with Crippen LogP contribution in [0.15, 0.2) is 11.1 Å². The summed E-state index contributed by atoms with van der Waals surface area (Å²) in [4.78, 5) is 17.9. The molecule has 0 aromatic carbocycles. The molecule has 17 heavy (non-hydrogen) atoms. The second kappa shape index (κ2) is 5.21. The molecule has 1 fully saturated rings. The van der Waals surface area contributed by atoms with E-state index in [0.29, 0.717) is 11.9 Å². The number of anilines is 2. The third-order valence-corrected chi connectivity index (χ3v) is 3.49. The van der Waals surface area contributed by atoms with Gasteiger partial charge in [0.25, 0.3) is 5.56 Å². The lowest BCUT2D eigenvalue weighted by atomic mass is 10.0. The molecule has 0 radical (unpaired) electrons. The number of hydrogen-bond donors (Lipinski definition) is 3. The highest BCUT2D eigenvalue weighted by molar-refractivity contribution is 5.59. The van der Waals surface area contributed by atoms with Crippen molar-refractivity contribution in [2.75, 3.05) is 11.1 Å². The van der Waals surface area contributed by atoms with Crippen molar-refractivity contribution in [3.63, 3.8) is 0 Å². The van der Waals surface area contributed by atoms with Gasteiger partial charge in [-0.05, 0) is 25.2 Å². The van der Waals surface area contributed by atoms with Gasteiger partial charge in [-0.25, -0.2) is 4.98 Å². The number of aromatic amines is 1.